The summed E-state index contributed by atoms with van der Waals surface area (Å²) in [5.41, 5.74) is 1.82. The van der Waals surface area contributed by atoms with E-state index in [0.717, 1.165) is 30.4 Å². The molecule has 224 valence electrons. The molecule has 0 saturated carbocycles. The van der Waals surface area contributed by atoms with Crippen LogP contribution in [0, 0.1) is 5.82 Å². The zero-order chi connectivity index (χ0) is 30.2. The van der Waals surface area contributed by atoms with Crippen molar-refractivity contribution in [3.05, 3.63) is 105 Å². The number of nitrogens with zero attached hydrogens (tertiary/aromatic N) is 4. The van der Waals surface area contributed by atoms with E-state index in [4.69, 9.17) is 11.6 Å². The third-order valence-corrected chi connectivity index (χ3v) is 9.05. The van der Waals surface area contributed by atoms with Crippen LogP contribution in [0.25, 0.3) is 16.6 Å². The van der Waals surface area contributed by atoms with Gasteiger partial charge in [0.1, 0.15) is 17.2 Å². The molecule has 2 fully saturated rings. The second-order valence-electron chi connectivity index (χ2n) is 11.4. The molecule has 2 aromatic carbocycles. The predicted octanol–water partition coefficient (Wildman–Crippen LogP) is 6.28. The Morgan fingerprint density at radius 3 is 2.42 bits per heavy atom. The molecule has 10 heteroatoms. The largest absolute Gasteiger partial charge is 0.477 e. The van der Waals surface area contributed by atoms with Gasteiger partial charge in [0.05, 0.1) is 21.6 Å². The number of rotatable bonds is 6. The lowest BCUT2D eigenvalue weighted by Gasteiger charge is -2.38. The van der Waals surface area contributed by atoms with Crippen molar-refractivity contribution in [2.75, 3.05) is 37.6 Å². The van der Waals surface area contributed by atoms with Crippen LogP contribution in [0.2, 0.25) is 5.02 Å². The summed E-state index contributed by atoms with van der Waals surface area (Å²) in [4.78, 5) is 31.6. The molecule has 43 heavy (non-hydrogen) atoms. The quantitative estimate of drug-likeness (QED) is 0.356. The Bertz CT molecular complexity index is 1720. The van der Waals surface area contributed by atoms with Crippen LogP contribution < -0.4 is 10.3 Å². The third-order valence-electron chi connectivity index (χ3n) is 8.69. The standard InChI is InChI=1S/C33H33ClF2N4O3/c1-21-4-3-13-39(21)19-22-7-10-25(11-8-22)40-20-27(33(42)43)32(41)26-18-28(36)31(29(34)30(26)40)38-16-14-37(15-17-38)24-6-2-5-23(35)9-12-24/h5-12,18,20-21H,2-4,13-17,19H2,1H3,(H,42,43). The summed E-state index contributed by atoms with van der Waals surface area (Å²) < 4.78 is 31.0. The Labute approximate surface area is 253 Å². The molecule has 1 atom stereocenters. The minimum absolute atomic E-state index is 0.0484. The minimum Gasteiger partial charge on any atom is -0.477 e. The van der Waals surface area contributed by atoms with E-state index in [-0.39, 0.29) is 27.4 Å². The highest BCUT2D eigenvalue weighted by Gasteiger charge is 2.27. The van der Waals surface area contributed by atoms with Crippen LogP contribution >= 0.6 is 11.6 Å². The van der Waals surface area contributed by atoms with Crippen LogP contribution in [0.5, 0.6) is 0 Å². The maximum absolute atomic E-state index is 15.7. The van der Waals surface area contributed by atoms with E-state index in [1.165, 1.54) is 31.2 Å². The van der Waals surface area contributed by atoms with E-state index in [1.807, 2.05) is 35.2 Å². The first-order chi connectivity index (χ1) is 20.7. The van der Waals surface area contributed by atoms with E-state index >= 15 is 4.39 Å². The Morgan fingerprint density at radius 2 is 1.74 bits per heavy atom. The molecule has 1 aliphatic carbocycles. The summed E-state index contributed by atoms with van der Waals surface area (Å²) in [5, 5.41) is 9.75. The SMILES string of the molecule is CC1CCCN1Cc1ccc(-n2cc(C(=O)O)c(=O)c3cc(F)c(N4CCN(C5=CCC=C(F)C=C5)CC4)c(Cl)c32)cc1. The highest BCUT2D eigenvalue weighted by atomic mass is 35.5. The molecule has 3 aliphatic rings. The van der Waals surface area contributed by atoms with Gasteiger partial charge in [0.25, 0.3) is 0 Å². The Balaban J connectivity index is 1.36. The lowest BCUT2D eigenvalue weighted by Crippen LogP contribution is -2.46. The zero-order valence-electron chi connectivity index (χ0n) is 23.9. The maximum atomic E-state index is 15.7. The molecule has 3 heterocycles. The summed E-state index contributed by atoms with van der Waals surface area (Å²) >= 11 is 6.94. The number of hydrogen-bond donors (Lipinski definition) is 1. The number of fused-ring (bicyclic) bond motifs is 1. The highest BCUT2D eigenvalue weighted by molar-refractivity contribution is 6.38. The van der Waals surface area contributed by atoms with Gasteiger partial charge in [-0.05, 0) is 74.7 Å². The van der Waals surface area contributed by atoms with Crippen molar-refractivity contribution in [2.45, 2.75) is 38.8 Å². The minimum atomic E-state index is -1.39. The van der Waals surface area contributed by atoms with Gasteiger partial charge >= 0.3 is 5.97 Å². The molecule has 0 radical (unpaired) electrons. The monoisotopic (exact) mass is 606 g/mol. The number of halogens is 3. The lowest BCUT2D eigenvalue weighted by molar-refractivity contribution is 0.0695. The number of carbonyl (C=O) groups is 1. The molecule has 0 spiro atoms. The summed E-state index contributed by atoms with van der Waals surface area (Å²) in [5.74, 6) is -2.36. The molecule has 3 aromatic rings. The average Bonchev–Trinajstić information content (AvgIpc) is 3.26. The van der Waals surface area contributed by atoms with Gasteiger partial charge in [-0.25, -0.2) is 13.6 Å². The fourth-order valence-corrected chi connectivity index (χ4v) is 6.69. The highest BCUT2D eigenvalue weighted by Crippen LogP contribution is 2.37. The van der Waals surface area contributed by atoms with Crippen molar-refractivity contribution in [2.24, 2.45) is 0 Å². The molecular weight excluding hydrogens is 574 g/mol. The Kier molecular flexibility index (Phi) is 8.11. The zero-order valence-corrected chi connectivity index (χ0v) is 24.7. The van der Waals surface area contributed by atoms with E-state index in [0.29, 0.717) is 44.3 Å². The number of aromatic carboxylic acids is 1. The molecule has 1 unspecified atom stereocenters. The smallest absolute Gasteiger partial charge is 0.341 e. The van der Waals surface area contributed by atoms with Crippen molar-refractivity contribution in [3.63, 3.8) is 0 Å². The summed E-state index contributed by atoms with van der Waals surface area (Å²) in [6.07, 6.45) is 10.8. The number of carboxylic acids is 1. The van der Waals surface area contributed by atoms with Crippen molar-refractivity contribution in [3.8, 4) is 5.69 Å². The van der Waals surface area contributed by atoms with Crippen LogP contribution in [0.1, 0.15) is 42.1 Å². The van der Waals surface area contributed by atoms with E-state index in [1.54, 1.807) is 10.6 Å². The third kappa shape index (κ3) is 5.71. The van der Waals surface area contributed by atoms with E-state index in [2.05, 4.69) is 16.7 Å². The first-order valence-electron chi connectivity index (χ1n) is 14.6. The maximum Gasteiger partial charge on any atom is 0.341 e. The van der Waals surface area contributed by atoms with Crippen molar-refractivity contribution < 1.29 is 18.7 Å². The summed E-state index contributed by atoms with van der Waals surface area (Å²) in [6, 6.07) is 9.34. The first-order valence-corrected chi connectivity index (χ1v) is 15.0. The molecule has 0 amide bonds. The number of anilines is 1. The van der Waals surface area contributed by atoms with Crippen LogP contribution in [-0.2, 0) is 6.54 Å². The lowest BCUT2D eigenvalue weighted by atomic mass is 10.1. The van der Waals surface area contributed by atoms with Crippen LogP contribution in [0.3, 0.4) is 0 Å². The molecule has 1 aromatic heterocycles. The molecule has 0 bridgehead atoms. The van der Waals surface area contributed by atoms with Gasteiger partial charge in [0, 0.05) is 56.3 Å². The number of allylic oxidation sites excluding steroid dienone is 5. The number of benzene rings is 2. The number of pyridine rings is 1. The summed E-state index contributed by atoms with van der Waals surface area (Å²) in [6.45, 7) is 6.12. The molecule has 2 aliphatic heterocycles. The number of likely N-dealkylation sites (tertiary alicyclic amines) is 1. The number of aromatic nitrogens is 1. The van der Waals surface area contributed by atoms with Crippen LogP contribution in [0.15, 0.2) is 77.2 Å². The van der Waals surface area contributed by atoms with Gasteiger partial charge in [0.2, 0.25) is 5.43 Å². The molecular formula is C33H33ClF2N4O3. The Hall–Kier alpha value is -3.95. The van der Waals surface area contributed by atoms with Crippen molar-refractivity contribution >= 4 is 34.2 Å². The molecule has 7 nitrogen and oxygen atoms in total. The number of piperazine rings is 1. The first kappa shape index (κ1) is 29.1. The van der Waals surface area contributed by atoms with E-state index < -0.39 is 22.8 Å². The van der Waals surface area contributed by atoms with Gasteiger partial charge in [-0.15, -0.1) is 0 Å². The normalized spacial score (nSPS) is 19.5. The predicted molar refractivity (Wildman–Crippen MR) is 165 cm³/mol. The van der Waals surface area contributed by atoms with Crippen molar-refractivity contribution in [1.82, 2.24) is 14.4 Å². The molecule has 2 saturated heterocycles. The number of carboxylic acid groups (broad SMARTS) is 1. The average molecular weight is 607 g/mol. The summed E-state index contributed by atoms with van der Waals surface area (Å²) in [7, 11) is 0. The second kappa shape index (κ2) is 12.0. The van der Waals surface area contributed by atoms with Gasteiger partial charge in [-0.1, -0.05) is 29.8 Å². The molecule has 1 N–H and O–H groups in total. The van der Waals surface area contributed by atoms with E-state index in [9.17, 15) is 19.1 Å². The van der Waals surface area contributed by atoms with Crippen LogP contribution in [0.4, 0.5) is 14.5 Å². The van der Waals surface area contributed by atoms with Crippen LogP contribution in [-0.4, -0.2) is 64.2 Å². The second-order valence-corrected chi connectivity index (χ2v) is 11.7. The Morgan fingerprint density at radius 1 is 1.02 bits per heavy atom. The molecule has 6 rings (SSSR count). The van der Waals surface area contributed by atoms with Gasteiger partial charge in [-0.2, -0.15) is 0 Å². The topological polar surface area (TPSA) is 69.0 Å². The van der Waals surface area contributed by atoms with Gasteiger partial charge in [0.15, 0.2) is 0 Å². The fourth-order valence-electron chi connectivity index (χ4n) is 6.29. The van der Waals surface area contributed by atoms with Gasteiger partial charge in [-0.3, -0.25) is 9.69 Å². The van der Waals surface area contributed by atoms with Gasteiger partial charge < -0.3 is 19.5 Å². The number of hydrogen-bond acceptors (Lipinski definition) is 5. The fraction of sp³-hybridized carbons (Fsp3) is 0.333. The van der Waals surface area contributed by atoms with Crippen molar-refractivity contribution in [1.29, 1.82) is 0 Å².